The number of hydrogen-bond acceptors (Lipinski definition) is 6. The van der Waals surface area contributed by atoms with Crippen LogP contribution in [0.4, 0.5) is 10.1 Å². The number of nitrogens with zero attached hydrogens (tertiary/aromatic N) is 2. The predicted octanol–water partition coefficient (Wildman–Crippen LogP) is 1.39. The number of furan rings is 1. The van der Waals surface area contributed by atoms with Gasteiger partial charge in [0.2, 0.25) is 5.55 Å². The third-order valence-corrected chi connectivity index (χ3v) is 4.57. The van der Waals surface area contributed by atoms with Gasteiger partial charge in [-0.05, 0) is 48.0 Å². The van der Waals surface area contributed by atoms with Crippen LogP contribution < -0.4 is 31.9 Å². The summed E-state index contributed by atoms with van der Waals surface area (Å²) in [5, 5.41) is 0.643. The number of carbonyl (C=O) groups is 1. The molecule has 142 valence electrons. The lowest BCUT2D eigenvalue weighted by molar-refractivity contribution is 0.0996. The van der Waals surface area contributed by atoms with Crippen LogP contribution in [0.3, 0.4) is 0 Å². The zero-order valence-electron chi connectivity index (χ0n) is 14.9. The van der Waals surface area contributed by atoms with Gasteiger partial charge in [-0.1, -0.05) is 6.07 Å². The summed E-state index contributed by atoms with van der Waals surface area (Å²) in [5.74, 6) is -0.450. The van der Waals surface area contributed by atoms with Crippen molar-refractivity contribution in [2.45, 2.75) is 6.17 Å². The van der Waals surface area contributed by atoms with E-state index >= 15 is 0 Å². The molecule has 1 unspecified atom stereocenters. The van der Waals surface area contributed by atoms with E-state index in [2.05, 4.69) is 4.99 Å². The van der Waals surface area contributed by atoms with Gasteiger partial charge in [-0.2, -0.15) is 0 Å². The molecule has 0 spiro atoms. The van der Waals surface area contributed by atoms with E-state index in [0.29, 0.717) is 27.9 Å². The van der Waals surface area contributed by atoms with E-state index in [1.54, 1.807) is 30.2 Å². The van der Waals surface area contributed by atoms with Gasteiger partial charge >= 0.3 is 0 Å². The average molecular weight is 380 g/mol. The van der Waals surface area contributed by atoms with Gasteiger partial charge in [-0.15, -0.1) is 0 Å². The van der Waals surface area contributed by atoms with E-state index in [0.717, 1.165) is 5.69 Å². The molecule has 0 bridgehead atoms. The summed E-state index contributed by atoms with van der Waals surface area (Å²) < 4.78 is 24.6. The number of benzene rings is 2. The van der Waals surface area contributed by atoms with Gasteiger partial charge in [0, 0.05) is 5.69 Å². The lowest BCUT2D eigenvalue weighted by Crippen LogP contribution is -2.43. The summed E-state index contributed by atoms with van der Waals surface area (Å²) in [6.45, 7) is 0. The molecule has 1 aliphatic rings. The number of amides is 1. The number of nitrogens with two attached hydrogens (primary N) is 2. The maximum atomic E-state index is 13.9. The average Bonchev–Trinajstić information content (AvgIpc) is 3.17. The topological polar surface area (TPSA) is 107 Å². The summed E-state index contributed by atoms with van der Waals surface area (Å²) >= 11 is 0. The molecular formula is C20H17FN4O3. The molecule has 2 aromatic carbocycles. The number of anilines is 1. The van der Waals surface area contributed by atoms with Gasteiger partial charge < -0.3 is 25.5 Å². The lowest BCUT2D eigenvalue weighted by atomic mass is 10.1. The van der Waals surface area contributed by atoms with E-state index in [9.17, 15) is 9.18 Å². The van der Waals surface area contributed by atoms with Crippen molar-refractivity contribution < 1.29 is 18.3 Å². The summed E-state index contributed by atoms with van der Waals surface area (Å²) in [6, 6.07) is 13.1. The third kappa shape index (κ3) is 2.84. The molecule has 2 heterocycles. The van der Waals surface area contributed by atoms with Crippen molar-refractivity contribution in [3.63, 3.8) is 0 Å². The fourth-order valence-electron chi connectivity index (χ4n) is 3.17. The molecule has 0 saturated heterocycles. The highest BCUT2D eigenvalue weighted by molar-refractivity contribution is 5.93. The van der Waals surface area contributed by atoms with Crippen LogP contribution in [0.2, 0.25) is 0 Å². The molecule has 0 saturated carbocycles. The van der Waals surface area contributed by atoms with Gasteiger partial charge in [0.1, 0.15) is 17.4 Å². The number of rotatable bonds is 4. The van der Waals surface area contributed by atoms with Crippen LogP contribution in [0, 0.1) is 5.82 Å². The number of primary amides is 1. The Balaban J connectivity index is 1.90. The van der Waals surface area contributed by atoms with Gasteiger partial charge in [-0.3, -0.25) is 4.79 Å². The molecule has 0 fully saturated rings. The van der Waals surface area contributed by atoms with Crippen molar-refractivity contribution >= 4 is 17.4 Å². The summed E-state index contributed by atoms with van der Waals surface area (Å²) in [6.07, 6.45) is 0.820. The van der Waals surface area contributed by atoms with E-state index in [-0.39, 0.29) is 5.56 Å². The molecule has 3 aromatic rings. The number of carbonyl (C=O) groups excluding carboxylic acids is 1. The van der Waals surface area contributed by atoms with Gasteiger partial charge in [0.15, 0.2) is 6.17 Å². The predicted molar refractivity (Wildman–Crippen MR) is 100 cm³/mol. The third-order valence-electron chi connectivity index (χ3n) is 4.57. The summed E-state index contributed by atoms with van der Waals surface area (Å²) in [5.41, 5.74) is 13.1. The highest BCUT2D eigenvalue weighted by atomic mass is 19.1. The number of fused-ring (bicyclic) bond motifs is 1. The molecule has 7 nitrogen and oxygen atoms in total. The second-order valence-electron chi connectivity index (χ2n) is 6.20. The first-order chi connectivity index (χ1) is 13.5. The fourth-order valence-corrected chi connectivity index (χ4v) is 3.17. The van der Waals surface area contributed by atoms with E-state index in [1.165, 1.54) is 24.5 Å². The number of halogens is 1. The van der Waals surface area contributed by atoms with E-state index in [1.807, 2.05) is 12.1 Å². The van der Waals surface area contributed by atoms with Gasteiger partial charge in [0.25, 0.3) is 5.91 Å². The smallest absolute Gasteiger partial charge is 0.251 e. The first-order valence-corrected chi connectivity index (χ1v) is 8.43. The largest absolute Gasteiger partial charge is 0.497 e. The first kappa shape index (κ1) is 17.6. The van der Waals surface area contributed by atoms with E-state index < -0.39 is 17.9 Å². The van der Waals surface area contributed by atoms with E-state index in [4.69, 9.17) is 20.6 Å². The maximum Gasteiger partial charge on any atom is 0.251 e. The van der Waals surface area contributed by atoms with Crippen LogP contribution in [-0.4, -0.2) is 13.0 Å². The Morgan fingerprint density at radius 1 is 1.21 bits per heavy atom. The Labute approximate surface area is 159 Å². The minimum Gasteiger partial charge on any atom is -0.497 e. The summed E-state index contributed by atoms with van der Waals surface area (Å²) in [7, 11) is 1.58. The zero-order chi connectivity index (χ0) is 19.8. The Morgan fingerprint density at radius 3 is 2.64 bits per heavy atom. The van der Waals surface area contributed by atoms with Crippen molar-refractivity contribution in [3.05, 3.63) is 82.5 Å². The van der Waals surface area contributed by atoms with Crippen molar-refractivity contribution in [2.75, 3.05) is 12.0 Å². The van der Waals surface area contributed by atoms with Crippen molar-refractivity contribution in [1.82, 2.24) is 0 Å². The molecular weight excluding hydrogens is 363 g/mol. The molecule has 1 atom stereocenters. The molecule has 1 aliphatic heterocycles. The standard InChI is InChI=1S/C20H17FN4O3/c1-27-13-5-3-12(4-6-13)25-17(22)14-8-9-28-20(14)24-19(25)11-2-7-16(21)15(10-11)18(23)26/h2-10,19H,22H2,1H3,(H2,23,26). The number of ether oxygens (including phenoxy) is 1. The zero-order valence-corrected chi connectivity index (χ0v) is 14.9. The van der Waals surface area contributed by atoms with Crippen LogP contribution in [0.5, 0.6) is 5.75 Å². The second kappa shape index (κ2) is 6.73. The van der Waals surface area contributed by atoms with Crippen LogP contribution >= 0.6 is 0 Å². The van der Waals surface area contributed by atoms with Crippen molar-refractivity contribution in [2.24, 2.45) is 16.5 Å². The molecule has 0 radical (unpaired) electrons. The molecule has 0 aliphatic carbocycles. The lowest BCUT2D eigenvalue weighted by Gasteiger charge is -2.33. The monoisotopic (exact) mass is 380 g/mol. The summed E-state index contributed by atoms with van der Waals surface area (Å²) in [4.78, 5) is 18.0. The number of methoxy groups -OCH3 is 1. The maximum absolute atomic E-state index is 13.9. The Kier molecular flexibility index (Phi) is 4.23. The Bertz CT molecular complexity index is 1170. The second-order valence-corrected chi connectivity index (χ2v) is 6.20. The molecule has 4 rings (SSSR count). The van der Waals surface area contributed by atoms with Crippen molar-refractivity contribution in [3.8, 4) is 5.75 Å². The van der Waals surface area contributed by atoms with Crippen LogP contribution in [0.25, 0.3) is 5.82 Å². The highest BCUT2D eigenvalue weighted by Gasteiger charge is 2.28. The molecule has 4 N–H and O–H groups in total. The minimum absolute atomic E-state index is 0.216. The minimum atomic E-state index is -0.859. The van der Waals surface area contributed by atoms with Gasteiger partial charge in [-0.25, -0.2) is 9.38 Å². The van der Waals surface area contributed by atoms with Gasteiger partial charge in [0.05, 0.1) is 24.2 Å². The highest BCUT2D eigenvalue weighted by Crippen LogP contribution is 2.33. The van der Waals surface area contributed by atoms with Crippen LogP contribution in [-0.2, 0) is 0 Å². The van der Waals surface area contributed by atoms with Crippen LogP contribution in [0.15, 0.2) is 64.2 Å². The van der Waals surface area contributed by atoms with Crippen LogP contribution in [0.1, 0.15) is 22.1 Å². The fraction of sp³-hybridized carbons (Fsp3) is 0.100. The molecule has 8 heteroatoms. The Morgan fingerprint density at radius 2 is 1.96 bits per heavy atom. The normalized spacial score (nSPS) is 15.7. The first-order valence-electron chi connectivity index (χ1n) is 8.43. The number of hydrogen-bond donors (Lipinski definition) is 2. The molecule has 1 amide bonds. The molecule has 1 aromatic heterocycles. The Hall–Kier alpha value is -3.81. The molecule has 28 heavy (non-hydrogen) atoms. The SMILES string of the molecule is COc1ccc(N2C(N)=c3ccoc3=NC2c2ccc(F)c(C(N)=O)c2)cc1. The quantitative estimate of drug-likeness (QED) is 0.711. The van der Waals surface area contributed by atoms with Crippen molar-refractivity contribution in [1.29, 1.82) is 0 Å².